The van der Waals surface area contributed by atoms with Crippen LogP contribution in [0.4, 0.5) is 0 Å². The van der Waals surface area contributed by atoms with Crippen LogP contribution in [0.3, 0.4) is 0 Å². The maximum atomic E-state index is 7.02. The maximum Gasteiger partial charge on any atom is 0.0246 e. The lowest BCUT2D eigenvalue weighted by molar-refractivity contribution is 0.571. The SMILES string of the molecule is [2H]C([2H])([2H])C(C#C)(C([2H])([2H])[2H])C([2H])([2H])[2H]. The molecule has 0 saturated carbocycles. The van der Waals surface area contributed by atoms with Crippen LogP contribution >= 0.6 is 0 Å². The minimum Gasteiger partial charge on any atom is -0.120 e. The first kappa shape index (κ1) is 0.629. The van der Waals surface area contributed by atoms with Gasteiger partial charge in [0.2, 0.25) is 0 Å². The zero-order chi connectivity index (χ0) is 12.7. The monoisotopic (exact) mass is 91.1 g/mol. The molecular weight excluding hydrogens is 72.1 g/mol. The van der Waals surface area contributed by atoms with E-state index in [2.05, 4.69) is 0 Å². The Morgan fingerprint density at radius 3 is 2.17 bits per heavy atom. The van der Waals surface area contributed by atoms with Gasteiger partial charge in [-0.3, -0.25) is 0 Å². The van der Waals surface area contributed by atoms with Crippen LogP contribution in [0.25, 0.3) is 0 Å². The third-order valence-electron chi connectivity index (χ3n) is 0.217. The molecular formula is C6H10. The van der Waals surface area contributed by atoms with Crippen LogP contribution in [0.5, 0.6) is 0 Å². The zero-order valence-corrected chi connectivity index (χ0v) is 3.08. The third kappa shape index (κ3) is 3.56. The molecule has 0 nitrogen and oxygen atoms in total. The zero-order valence-electron chi connectivity index (χ0n) is 12.1. The molecule has 0 rings (SSSR count). The van der Waals surface area contributed by atoms with Crippen molar-refractivity contribution in [2.45, 2.75) is 20.6 Å². The second-order valence-corrected chi connectivity index (χ2v) is 0.894. The summed E-state index contributed by atoms with van der Waals surface area (Å²) < 4.78 is 63.2. The normalized spacial score (nSPS) is 38.8. The van der Waals surface area contributed by atoms with Gasteiger partial charge in [0.05, 0.1) is 0 Å². The van der Waals surface area contributed by atoms with Crippen LogP contribution in [-0.4, -0.2) is 0 Å². The molecule has 0 saturated heterocycles. The molecule has 0 radical (unpaired) electrons. The number of hydrogen-bond donors (Lipinski definition) is 0. The second-order valence-electron chi connectivity index (χ2n) is 0.894. The van der Waals surface area contributed by atoms with Crippen molar-refractivity contribution in [3.8, 4) is 12.3 Å². The van der Waals surface area contributed by atoms with E-state index in [0.29, 0.717) is 0 Å². The highest BCUT2D eigenvalue weighted by Gasteiger charge is 2.00. The third-order valence-corrected chi connectivity index (χ3v) is 0.217. The van der Waals surface area contributed by atoms with Gasteiger partial charge in [-0.2, -0.15) is 0 Å². The molecule has 0 aromatic carbocycles. The van der Waals surface area contributed by atoms with Crippen molar-refractivity contribution >= 4 is 0 Å². The fourth-order valence-electron chi connectivity index (χ4n) is 0. The summed E-state index contributed by atoms with van der Waals surface area (Å²) in [6, 6.07) is 0. The molecule has 0 aromatic heterocycles. The van der Waals surface area contributed by atoms with Crippen molar-refractivity contribution in [1.29, 1.82) is 0 Å². The second kappa shape index (κ2) is 1.34. The van der Waals surface area contributed by atoms with Gasteiger partial charge in [0.25, 0.3) is 0 Å². The Morgan fingerprint density at radius 2 is 2.17 bits per heavy atom. The summed E-state index contributed by atoms with van der Waals surface area (Å²) in [6.07, 6.45) is 4.84. The fraction of sp³-hybridized carbons (Fsp3) is 0.667. The summed E-state index contributed by atoms with van der Waals surface area (Å²) in [5, 5.41) is 0. The Morgan fingerprint density at radius 1 is 1.67 bits per heavy atom. The first-order valence-corrected chi connectivity index (χ1v) is 1.29. The van der Waals surface area contributed by atoms with E-state index < -0.39 is 26.0 Å². The Kier molecular flexibility index (Phi) is 0.141. The van der Waals surface area contributed by atoms with E-state index in [1.165, 1.54) is 5.92 Å². The molecule has 34 valence electrons. The van der Waals surface area contributed by atoms with Crippen molar-refractivity contribution in [3.63, 3.8) is 0 Å². The van der Waals surface area contributed by atoms with E-state index >= 15 is 0 Å². The molecule has 0 fully saturated rings. The van der Waals surface area contributed by atoms with E-state index in [1.54, 1.807) is 0 Å². The standard InChI is InChI=1S/C6H10/c1-5-6(2,3)4/h1H,2-4H3/i2D3,3D3,4D3. The Balaban J connectivity index is 5.93. The van der Waals surface area contributed by atoms with Gasteiger partial charge in [-0.15, -0.1) is 12.3 Å². The molecule has 0 amide bonds. The first-order chi connectivity index (χ1) is 6.31. The van der Waals surface area contributed by atoms with E-state index in [1.807, 2.05) is 0 Å². The molecule has 0 aromatic rings. The van der Waals surface area contributed by atoms with Crippen molar-refractivity contribution in [2.24, 2.45) is 5.41 Å². The fourth-order valence-corrected chi connectivity index (χ4v) is 0. The average Bonchev–Trinajstić information content (AvgIpc) is 1.76. The molecule has 0 heterocycles. The molecule has 0 aliphatic carbocycles. The van der Waals surface area contributed by atoms with Gasteiger partial charge in [-0.05, 0) is 20.6 Å². The van der Waals surface area contributed by atoms with Crippen LogP contribution in [0.15, 0.2) is 0 Å². The van der Waals surface area contributed by atoms with Crippen molar-refractivity contribution in [3.05, 3.63) is 0 Å². The van der Waals surface area contributed by atoms with Gasteiger partial charge in [0.15, 0.2) is 0 Å². The first-order valence-electron chi connectivity index (χ1n) is 5.79. The van der Waals surface area contributed by atoms with Gasteiger partial charge in [0.1, 0.15) is 0 Å². The topological polar surface area (TPSA) is 0 Å². The summed E-state index contributed by atoms with van der Waals surface area (Å²) in [5.41, 5.74) is -3.12. The van der Waals surface area contributed by atoms with Crippen LogP contribution in [0.2, 0.25) is 0 Å². The highest BCUT2D eigenvalue weighted by atomic mass is 14.0. The predicted molar refractivity (Wildman–Crippen MR) is 28.3 cm³/mol. The highest BCUT2D eigenvalue weighted by Crippen LogP contribution is 2.08. The smallest absolute Gasteiger partial charge is 0.0246 e. The van der Waals surface area contributed by atoms with Gasteiger partial charge in [0, 0.05) is 17.8 Å². The quantitative estimate of drug-likeness (QED) is 0.398. The van der Waals surface area contributed by atoms with Crippen LogP contribution < -0.4 is 0 Å². The van der Waals surface area contributed by atoms with Gasteiger partial charge in [-0.1, -0.05) is 0 Å². The molecule has 0 atom stereocenters. The Hall–Kier alpha value is -0.440. The summed E-state index contributed by atoms with van der Waals surface area (Å²) >= 11 is 0. The van der Waals surface area contributed by atoms with Crippen molar-refractivity contribution in [1.82, 2.24) is 0 Å². The van der Waals surface area contributed by atoms with E-state index in [9.17, 15) is 0 Å². The summed E-state index contributed by atoms with van der Waals surface area (Å²) in [5.74, 6) is 1.45. The predicted octanol–water partition coefficient (Wildman–Crippen LogP) is 1.67. The average molecular weight is 91.2 g/mol. The molecule has 0 aliphatic rings. The van der Waals surface area contributed by atoms with Crippen LogP contribution in [-0.2, 0) is 0 Å². The summed E-state index contributed by atoms with van der Waals surface area (Å²) in [6.45, 7) is -9.84. The lowest BCUT2D eigenvalue weighted by atomic mass is 9.99. The summed E-state index contributed by atoms with van der Waals surface area (Å²) in [4.78, 5) is 0. The Labute approximate surface area is 52.2 Å². The minimum absolute atomic E-state index is 1.45. The molecule has 0 bridgehead atoms. The molecule has 0 heteroatoms. The minimum atomic E-state index is -3.28. The number of hydrogen-bond acceptors (Lipinski definition) is 0. The molecule has 0 N–H and O–H groups in total. The van der Waals surface area contributed by atoms with E-state index in [-0.39, 0.29) is 0 Å². The van der Waals surface area contributed by atoms with Gasteiger partial charge in [-0.25, -0.2) is 0 Å². The largest absolute Gasteiger partial charge is 0.120 e. The number of terminal acetylenes is 1. The van der Waals surface area contributed by atoms with Gasteiger partial charge >= 0.3 is 0 Å². The molecule has 0 spiro atoms. The van der Waals surface area contributed by atoms with Crippen molar-refractivity contribution in [2.75, 3.05) is 0 Å². The maximum absolute atomic E-state index is 7.02. The molecule has 0 unspecified atom stereocenters. The van der Waals surface area contributed by atoms with Gasteiger partial charge < -0.3 is 0 Å². The van der Waals surface area contributed by atoms with E-state index in [0.717, 1.165) is 0 Å². The molecule has 0 aliphatic heterocycles. The highest BCUT2D eigenvalue weighted by molar-refractivity contribution is 4.96. The lowest BCUT2D eigenvalue weighted by Crippen LogP contribution is -1.97. The summed E-state index contributed by atoms with van der Waals surface area (Å²) in [7, 11) is 0. The number of rotatable bonds is 0. The lowest BCUT2D eigenvalue weighted by Gasteiger charge is -2.04. The van der Waals surface area contributed by atoms with Crippen LogP contribution in [0.1, 0.15) is 32.9 Å². The molecule has 6 heavy (non-hydrogen) atoms. The van der Waals surface area contributed by atoms with E-state index in [4.69, 9.17) is 18.8 Å². The van der Waals surface area contributed by atoms with Crippen molar-refractivity contribution < 1.29 is 12.3 Å². The van der Waals surface area contributed by atoms with Crippen LogP contribution in [0, 0.1) is 17.8 Å². The Bertz CT molecular complexity index is 233.